The van der Waals surface area contributed by atoms with Crippen LogP contribution in [0.1, 0.15) is 23.0 Å². The van der Waals surface area contributed by atoms with Crippen LogP contribution in [0.3, 0.4) is 0 Å². The number of amides is 1. The van der Waals surface area contributed by atoms with Crippen molar-refractivity contribution < 1.29 is 14.3 Å². The van der Waals surface area contributed by atoms with Crippen LogP contribution in [0, 0.1) is 6.92 Å². The summed E-state index contributed by atoms with van der Waals surface area (Å²) in [7, 11) is 3.30. The Balaban J connectivity index is 2.07. The SMILES string of the molecule is CC(=O)Oc1ccccc1C(=O)N(C)c1c(C)n(C)n(-c2ccccc2)c1=O. The van der Waals surface area contributed by atoms with Crippen molar-refractivity contribution >= 4 is 17.6 Å². The third-order valence-corrected chi connectivity index (χ3v) is 4.54. The van der Waals surface area contributed by atoms with Crippen molar-refractivity contribution in [2.75, 3.05) is 11.9 Å². The van der Waals surface area contributed by atoms with E-state index in [1.54, 1.807) is 42.9 Å². The number of carbonyl (C=O) groups is 2. The van der Waals surface area contributed by atoms with Crippen molar-refractivity contribution in [2.24, 2.45) is 7.05 Å². The van der Waals surface area contributed by atoms with E-state index in [0.717, 1.165) is 0 Å². The first-order valence-corrected chi connectivity index (χ1v) is 8.72. The molecule has 7 nitrogen and oxygen atoms in total. The third-order valence-electron chi connectivity index (χ3n) is 4.54. The fraction of sp³-hybridized carbons (Fsp3) is 0.190. The van der Waals surface area contributed by atoms with Gasteiger partial charge in [-0.25, -0.2) is 4.68 Å². The molecule has 0 saturated heterocycles. The summed E-state index contributed by atoms with van der Waals surface area (Å²) in [5.41, 5.74) is 1.48. The molecular weight excluding hydrogens is 358 g/mol. The lowest BCUT2D eigenvalue weighted by Crippen LogP contribution is -2.32. The molecule has 0 saturated carbocycles. The fourth-order valence-corrected chi connectivity index (χ4v) is 3.11. The lowest BCUT2D eigenvalue weighted by Gasteiger charge is -2.17. The number of aromatic nitrogens is 2. The number of para-hydroxylation sites is 2. The molecule has 0 atom stereocenters. The average Bonchev–Trinajstić information content (AvgIpc) is 2.90. The van der Waals surface area contributed by atoms with Gasteiger partial charge in [0.2, 0.25) is 0 Å². The summed E-state index contributed by atoms with van der Waals surface area (Å²) >= 11 is 0. The minimum Gasteiger partial charge on any atom is -0.426 e. The molecule has 0 aliphatic rings. The standard InChI is InChI=1S/C21H21N3O4/c1-14-19(21(27)24(23(14)4)16-10-6-5-7-11-16)22(3)20(26)17-12-8-9-13-18(17)28-15(2)25/h5-13H,1-4H3. The largest absolute Gasteiger partial charge is 0.426 e. The molecule has 0 fully saturated rings. The number of rotatable bonds is 4. The third kappa shape index (κ3) is 3.34. The highest BCUT2D eigenvalue weighted by molar-refractivity contribution is 6.08. The summed E-state index contributed by atoms with van der Waals surface area (Å²) in [6.07, 6.45) is 0. The minimum atomic E-state index is -0.523. The molecule has 0 aliphatic heterocycles. The van der Waals surface area contributed by atoms with E-state index in [-0.39, 0.29) is 22.6 Å². The summed E-state index contributed by atoms with van der Waals surface area (Å²) in [5, 5.41) is 0. The molecule has 28 heavy (non-hydrogen) atoms. The van der Waals surface area contributed by atoms with Gasteiger partial charge in [-0.15, -0.1) is 0 Å². The molecule has 0 N–H and O–H groups in total. The van der Waals surface area contributed by atoms with Crippen molar-refractivity contribution in [2.45, 2.75) is 13.8 Å². The topological polar surface area (TPSA) is 73.5 Å². The van der Waals surface area contributed by atoms with Crippen molar-refractivity contribution in [3.05, 3.63) is 76.2 Å². The van der Waals surface area contributed by atoms with Crippen LogP contribution in [0.5, 0.6) is 5.75 Å². The van der Waals surface area contributed by atoms with Crippen molar-refractivity contribution in [1.29, 1.82) is 0 Å². The Morgan fingerprint density at radius 2 is 1.61 bits per heavy atom. The van der Waals surface area contributed by atoms with E-state index in [1.807, 2.05) is 30.3 Å². The van der Waals surface area contributed by atoms with Gasteiger partial charge in [0.25, 0.3) is 11.5 Å². The highest BCUT2D eigenvalue weighted by atomic mass is 16.5. The van der Waals surface area contributed by atoms with Crippen LogP contribution in [0.2, 0.25) is 0 Å². The molecule has 1 heterocycles. The van der Waals surface area contributed by atoms with Gasteiger partial charge in [-0.1, -0.05) is 30.3 Å². The molecule has 144 valence electrons. The molecule has 7 heteroatoms. The van der Waals surface area contributed by atoms with Gasteiger partial charge in [0.05, 0.1) is 16.9 Å². The predicted molar refractivity (Wildman–Crippen MR) is 106 cm³/mol. The molecule has 0 aliphatic carbocycles. The van der Waals surface area contributed by atoms with E-state index in [1.165, 1.54) is 23.6 Å². The molecule has 2 aromatic carbocycles. The molecular formula is C21H21N3O4. The molecule has 3 aromatic rings. The Morgan fingerprint density at radius 3 is 2.25 bits per heavy atom. The van der Waals surface area contributed by atoms with Gasteiger partial charge in [0.15, 0.2) is 0 Å². The van der Waals surface area contributed by atoms with Crippen LogP contribution in [-0.2, 0) is 11.8 Å². The molecule has 1 aromatic heterocycles. The minimum absolute atomic E-state index is 0.156. The van der Waals surface area contributed by atoms with Gasteiger partial charge in [-0.05, 0) is 31.2 Å². The van der Waals surface area contributed by atoms with Crippen LogP contribution in [0.25, 0.3) is 5.69 Å². The Labute approximate surface area is 162 Å². The van der Waals surface area contributed by atoms with Crippen LogP contribution in [-0.4, -0.2) is 28.3 Å². The summed E-state index contributed by atoms with van der Waals surface area (Å²) in [6.45, 7) is 3.04. The maximum Gasteiger partial charge on any atom is 0.308 e. The van der Waals surface area contributed by atoms with Gasteiger partial charge in [0, 0.05) is 21.0 Å². The average molecular weight is 379 g/mol. The number of carbonyl (C=O) groups excluding carboxylic acids is 2. The Bertz CT molecular complexity index is 1100. The van der Waals surface area contributed by atoms with Crippen LogP contribution in [0.4, 0.5) is 5.69 Å². The van der Waals surface area contributed by atoms with Crippen molar-refractivity contribution in [3.8, 4) is 11.4 Å². The summed E-state index contributed by atoms with van der Waals surface area (Å²) in [4.78, 5) is 38.8. The number of benzene rings is 2. The Morgan fingerprint density at radius 1 is 1.00 bits per heavy atom. The van der Waals surface area contributed by atoms with E-state index in [9.17, 15) is 14.4 Å². The second-order valence-corrected chi connectivity index (χ2v) is 6.36. The Kier molecular flexibility index (Phi) is 5.17. The summed E-state index contributed by atoms with van der Waals surface area (Å²) < 4.78 is 8.35. The summed E-state index contributed by atoms with van der Waals surface area (Å²) in [6, 6.07) is 15.6. The van der Waals surface area contributed by atoms with E-state index < -0.39 is 11.9 Å². The summed E-state index contributed by atoms with van der Waals surface area (Å²) in [5.74, 6) is -0.808. The van der Waals surface area contributed by atoms with Crippen LogP contribution in [0.15, 0.2) is 59.4 Å². The van der Waals surface area contributed by atoms with Gasteiger partial charge in [-0.3, -0.25) is 19.1 Å². The number of nitrogens with zero attached hydrogens (tertiary/aromatic N) is 3. The number of hydrogen-bond donors (Lipinski definition) is 0. The highest BCUT2D eigenvalue weighted by Crippen LogP contribution is 2.24. The zero-order valence-electron chi connectivity index (χ0n) is 16.2. The molecule has 3 rings (SSSR count). The fourth-order valence-electron chi connectivity index (χ4n) is 3.11. The first kappa shape index (κ1) is 19.2. The van der Waals surface area contributed by atoms with Crippen molar-refractivity contribution in [1.82, 2.24) is 9.36 Å². The maximum atomic E-state index is 13.1. The molecule has 0 unspecified atom stereocenters. The lowest BCUT2D eigenvalue weighted by atomic mass is 10.1. The first-order chi connectivity index (χ1) is 13.3. The molecule has 1 amide bonds. The molecule has 0 bridgehead atoms. The second-order valence-electron chi connectivity index (χ2n) is 6.36. The number of ether oxygens (including phenoxy) is 1. The van der Waals surface area contributed by atoms with E-state index in [2.05, 4.69) is 0 Å². The van der Waals surface area contributed by atoms with Gasteiger partial charge in [0.1, 0.15) is 11.4 Å². The number of anilines is 1. The zero-order valence-corrected chi connectivity index (χ0v) is 16.2. The highest BCUT2D eigenvalue weighted by Gasteiger charge is 2.26. The van der Waals surface area contributed by atoms with Gasteiger partial charge in [-0.2, -0.15) is 0 Å². The second kappa shape index (κ2) is 7.56. The maximum absolute atomic E-state index is 13.1. The quantitative estimate of drug-likeness (QED) is 0.516. The van der Waals surface area contributed by atoms with E-state index in [0.29, 0.717) is 11.4 Å². The normalized spacial score (nSPS) is 10.6. The Hall–Kier alpha value is -3.61. The number of hydrogen-bond acceptors (Lipinski definition) is 4. The predicted octanol–water partition coefficient (Wildman–Crippen LogP) is 2.69. The molecule has 0 radical (unpaired) electrons. The van der Waals surface area contributed by atoms with Crippen molar-refractivity contribution in [3.63, 3.8) is 0 Å². The monoisotopic (exact) mass is 379 g/mol. The van der Waals surface area contributed by atoms with Crippen LogP contribution < -0.4 is 15.2 Å². The van der Waals surface area contributed by atoms with E-state index >= 15 is 0 Å². The van der Waals surface area contributed by atoms with Crippen LogP contribution >= 0.6 is 0 Å². The first-order valence-electron chi connectivity index (χ1n) is 8.72. The number of esters is 1. The van der Waals surface area contributed by atoms with E-state index in [4.69, 9.17) is 4.74 Å². The smallest absolute Gasteiger partial charge is 0.308 e. The lowest BCUT2D eigenvalue weighted by molar-refractivity contribution is -0.131. The zero-order chi connectivity index (χ0) is 20.4. The van der Waals surface area contributed by atoms with Gasteiger partial charge >= 0.3 is 5.97 Å². The molecule has 0 spiro atoms. The van der Waals surface area contributed by atoms with Gasteiger partial charge < -0.3 is 9.64 Å².